The van der Waals surface area contributed by atoms with E-state index in [0.717, 1.165) is 44.2 Å². The first-order valence-electron chi connectivity index (χ1n) is 17.7. The molecule has 5 aromatic rings. The maximum atomic E-state index is 16.8. The maximum Gasteiger partial charge on any atom is 0.319 e. The van der Waals surface area contributed by atoms with Crippen molar-refractivity contribution in [2.24, 2.45) is 5.41 Å². The molecule has 9 nitrogen and oxygen atoms in total. The summed E-state index contributed by atoms with van der Waals surface area (Å²) in [6.07, 6.45) is 11.8. The minimum Gasteiger partial charge on any atom is -0.508 e. The Bertz CT molecular complexity index is 2240. The van der Waals surface area contributed by atoms with Crippen molar-refractivity contribution in [3.05, 3.63) is 77.2 Å². The molecule has 2 aliphatic heterocycles. The molecule has 0 unspecified atom stereocenters. The van der Waals surface area contributed by atoms with Crippen LogP contribution >= 0.6 is 0 Å². The van der Waals surface area contributed by atoms with Gasteiger partial charge in [0.2, 0.25) is 0 Å². The van der Waals surface area contributed by atoms with E-state index in [2.05, 4.69) is 26.2 Å². The molecule has 53 heavy (non-hydrogen) atoms. The average Bonchev–Trinajstić information content (AvgIpc) is 3.97. The van der Waals surface area contributed by atoms with E-state index >= 15 is 4.39 Å². The van der Waals surface area contributed by atoms with E-state index in [4.69, 9.17) is 16.1 Å². The number of nitrogens with zero attached hydrogens (tertiary/aromatic N) is 6. The number of terminal acetylenes is 1. The Kier molecular flexibility index (Phi) is 9.16. The second kappa shape index (κ2) is 13.9. The molecule has 1 aliphatic carbocycles. The van der Waals surface area contributed by atoms with Crippen molar-refractivity contribution in [1.82, 2.24) is 25.3 Å². The number of fused-ring (bicyclic) bond motifs is 2. The molecule has 0 radical (unpaired) electrons. The predicted octanol–water partition coefficient (Wildman–Crippen LogP) is 6.70. The van der Waals surface area contributed by atoms with Crippen LogP contribution in [0.5, 0.6) is 11.8 Å². The van der Waals surface area contributed by atoms with E-state index in [1.807, 2.05) is 9.91 Å². The minimum absolute atomic E-state index is 0.0119. The Morgan fingerprint density at radius 3 is 2.40 bits per heavy atom. The Hall–Kier alpha value is -5.26. The summed E-state index contributed by atoms with van der Waals surface area (Å²) in [4.78, 5) is 17.9. The van der Waals surface area contributed by atoms with Crippen LogP contribution in [0.4, 0.5) is 33.5 Å². The molecule has 0 spiro atoms. The topological polar surface area (TPSA) is 89.9 Å². The number of benzene rings is 3. The number of nitrogens with one attached hydrogen (secondary N) is 1. The summed E-state index contributed by atoms with van der Waals surface area (Å²) >= 11 is 0. The van der Waals surface area contributed by atoms with Crippen LogP contribution in [0.25, 0.3) is 32.9 Å². The van der Waals surface area contributed by atoms with Crippen LogP contribution in [-0.4, -0.2) is 77.4 Å². The number of hydrogen-bond acceptors (Lipinski definition) is 9. The summed E-state index contributed by atoms with van der Waals surface area (Å²) in [5, 5.41) is 13.4. The van der Waals surface area contributed by atoms with E-state index in [1.165, 1.54) is 30.5 Å². The van der Waals surface area contributed by atoms with Gasteiger partial charge in [0.05, 0.1) is 17.6 Å². The molecule has 3 fully saturated rings. The zero-order valence-electron chi connectivity index (χ0n) is 28.7. The van der Waals surface area contributed by atoms with Gasteiger partial charge < -0.3 is 14.7 Å². The van der Waals surface area contributed by atoms with E-state index in [0.29, 0.717) is 68.1 Å². The third-order valence-corrected chi connectivity index (χ3v) is 10.4. The molecule has 2 saturated heterocycles. The number of aromatic hydroxyl groups is 1. The number of hydrogen-bond donors (Lipinski definition) is 2. The van der Waals surface area contributed by atoms with Gasteiger partial charge in [-0.05, 0) is 49.3 Å². The van der Waals surface area contributed by atoms with Crippen LogP contribution in [0.15, 0.2) is 42.6 Å². The fraction of sp³-hybridized carbons (Fsp3) is 0.359. The molecule has 3 aliphatic rings. The number of rotatable bonds is 8. The lowest BCUT2D eigenvalue weighted by atomic mass is 9.96. The van der Waals surface area contributed by atoms with Gasteiger partial charge in [0, 0.05) is 86.2 Å². The van der Waals surface area contributed by atoms with Gasteiger partial charge in [-0.1, -0.05) is 18.4 Å². The Morgan fingerprint density at radius 1 is 0.887 bits per heavy atom. The number of aromatic nitrogens is 3. The first kappa shape index (κ1) is 34.8. The second-order valence-corrected chi connectivity index (χ2v) is 14.1. The third kappa shape index (κ3) is 6.75. The molecule has 14 heteroatoms. The van der Waals surface area contributed by atoms with E-state index < -0.39 is 29.1 Å². The third-order valence-electron chi connectivity index (χ3n) is 10.4. The number of hydrazine groups is 1. The van der Waals surface area contributed by atoms with Crippen LogP contribution < -0.4 is 20.1 Å². The highest BCUT2D eigenvalue weighted by atomic mass is 19.2. The van der Waals surface area contributed by atoms with Crippen LogP contribution in [0, 0.1) is 46.8 Å². The molecule has 8 rings (SSSR count). The van der Waals surface area contributed by atoms with Gasteiger partial charge in [0.15, 0.2) is 29.1 Å². The van der Waals surface area contributed by atoms with Gasteiger partial charge in [-0.15, -0.1) is 6.42 Å². The molecule has 4 heterocycles. The van der Waals surface area contributed by atoms with E-state index in [9.17, 15) is 22.7 Å². The van der Waals surface area contributed by atoms with Gasteiger partial charge in [0.1, 0.15) is 22.8 Å². The smallest absolute Gasteiger partial charge is 0.319 e. The quantitative estimate of drug-likeness (QED) is 0.103. The molecule has 2 N–H and O–H groups in total. The summed E-state index contributed by atoms with van der Waals surface area (Å²) in [7, 11) is 0. The molecule has 0 amide bonds. The van der Waals surface area contributed by atoms with Gasteiger partial charge in [-0.2, -0.15) is 9.97 Å². The number of halogens is 5. The van der Waals surface area contributed by atoms with E-state index in [1.54, 1.807) is 0 Å². The van der Waals surface area contributed by atoms with Crippen molar-refractivity contribution in [1.29, 1.82) is 0 Å². The van der Waals surface area contributed by atoms with Crippen molar-refractivity contribution in [2.75, 3.05) is 62.3 Å². The molecule has 3 aromatic carbocycles. The number of ether oxygens (including phenoxy) is 1. The summed E-state index contributed by atoms with van der Waals surface area (Å²) in [5.74, 6) is -2.76. The molecular formula is C39H36F5N7O2. The van der Waals surface area contributed by atoms with Crippen molar-refractivity contribution < 1.29 is 31.8 Å². The predicted molar refractivity (Wildman–Crippen MR) is 191 cm³/mol. The minimum atomic E-state index is -1.48. The summed E-state index contributed by atoms with van der Waals surface area (Å²) in [5.41, 5.74) is 3.32. The highest BCUT2D eigenvalue weighted by Crippen LogP contribution is 2.47. The average molecular weight is 730 g/mol. The Labute approximate surface area is 302 Å². The highest BCUT2D eigenvalue weighted by Gasteiger charge is 2.45. The second-order valence-electron chi connectivity index (χ2n) is 14.1. The van der Waals surface area contributed by atoms with Crippen molar-refractivity contribution in [3.63, 3.8) is 0 Å². The number of phenolic OH excluding ortho intramolecular Hbond substituents is 1. The van der Waals surface area contributed by atoms with Crippen LogP contribution in [0.2, 0.25) is 0 Å². The van der Waals surface area contributed by atoms with Gasteiger partial charge in [-0.3, -0.25) is 14.9 Å². The lowest BCUT2D eigenvalue weighted by Crippen LogP contribution is -2.48. The Balaban J connectivity index is 1.08. The number of piperazine rings is 1. The normalized spacial score (nSPS) is 17.6. The van der Waals surface area contributed by atoms with Gasteiger partial charge >= 0.3 is 6.01 Å². The first-order chi connectivity index (χ1) is 25.6. The molecule has 1 saturated carbocycles. The first-order valence-corrected chi connectivity index (χ1v) is 17.7. The monoisotopic (exact) mass is 729 g/mol. The largest absolute Gasteiger partial charge is 0.508 e. The van der Waals surface area contributed by atoms with Gasteiger partial charge in [-0.25, -0.2) is 27.4 Å². The highest BCUT2D eigenvalue weighted by molar-refractivity contribution is 6.03. The molecule has 0 bridgehead atoms. The summed E-state index contributed by atoms with van der Waals surface area (Å²) in [6.45, 7) is 4.61. The van der Waals surface area contributed by atoms with Gasteiger partial charge in [0.25, 0.3) is 0 Å². The summed E-state index contributed by atoms with van der Waals surface area (Å²) < 4.78 is 79.2. The zero-order valence-corrected chi connectivity index (χ0v) is 28.7. The summed E-state index contributed by atoms with van der Waals surface area (Å²) in [6, 6.07) is 7.43. The molecule has 0 atom stereocenters. The SMILES string of the molecule is C#Cc1c(F)ccc2cc(O)cc(-c3ncc4c(N5CCCCCN5)nc(OCC5(CN6CCN(c7cc(F)c(F)c(F)c7)CC6)CC5)nc4c3F)c12. The molecular weight excluding hydrogens is 693 g/mol. The van der Waals surface area contributed by atoms with E-state index in [-0.39, 0.29) is 51.5 Å². The fourth-order valence-electron chi connectivity index (χ4n) is 7.38. The van der Waals surface area contributed by atoms with Crippen LogP contribution in [0.3, 0.4) is 0 Å². The van der Waals surface area contributed by atoms with Crippen LogP contribution in [-0.2, 0) is 0 Å². The zero-order chi connectivity index (χ0) is 36.9. The Morgan fingerprint density at radius 2 is 1.66 bits per heavy atom. The number of anilines is 2. The lowest BCUT2D eigenvalue weighted by molar-refractivity contribution is 0.149. The number of phenols is 1. The van der Waals surface area contributed by atoms with Crippen LogP contribution in [0.1, 0.15) is 37.7 Å². The van der Waals surface area contributed by atoms with Crippen molar-refractivity contribution >= 4 is 33.2 Å². The maximum absolute atomic E-state index is 16.8. The standard InChI is InChI=1S/C39H36F5N7O2/c1-2-26-29(40)7-6-23-16-25(52)19-27(32(23)26)35-34(44)36-28(20-45-35)37(51-11-5-3-4-10-46-51)48-38(47-36)53-22-39(8-9-39)21-49-12-14-50(15-13-49)24-17-30(41)33(43)31(42)18-24/h1,6-7,16-20,46,52H,3-5,8-15,21-22H2. The lowest BCUT2D eigenvalue weighted by Gasteiger charge is -2.37. The molecule has 2 aromatic heterocycles. The fourth-order valence-corrected chi connectivity index (χ4v) is 7.38. The van der Waals surface area contributed by atoms with Crippen molar-refractivity contribution in [2.45, 2.75) is 32.1 Å². The molecule has 274 valence electrons. The van der Waals surface area contributed by atoms with Crippen molar-refractivity contribution in [3.8, 4) is 35.4 Å². The number of pyridine rings is 1.